The molecule has 0 bridgehead atoms. The summed E-state index contributed by atoms with van der Waals surface area (Å²) in [5.41, 5.74) is 0. The fourth-order valence-corrected chi connectivity index (χ4v) is 0.341. The molecule has 0 aliphatic heterocycles. The second kappa shape index (κ2) is 7.65. The first-order chi connectivity index (χ1) is 3.27. The van der Waals surface area contributed by atoms with E-state index in [0.717, 1.165) is 0 Å². The van der Waals surface area contributed by atoms with E-state index in [1.807, 2.05) is 0 Å². The summed E-state index contributed by atoms with van der Waals surface area (Å²) < 4.78 is 23.1. The molecule has 0 unspecified atom stereocenters. The zero-order chi connectivity index (χ0) is 5.70. The first-order valence-electron chi connectivity index (χ1n) is 1.65. The van der Waals surface area contributed by atoms with Crippen molar-refractivity contribution < 1.29 is 12.6 Å². The van der Waals surface area contributed by atoms with Gasteiger partial charge in [0.25, 0.3) is 11.0 Å². The van der Waals surface area contributed by atoms with Crippen LogP contribution >= 0.6 is 0 Å². The smallest absolute Gasteiger partial charge is 0.257 e. The van der Waals surface area contributed by atoms with E-state index in [1.54, 1.807) is 0 Å². The fourth-order valence-electron chi connectivity index (χ4n) is 0.114. The molecule has 0 amide bonds. The molecule has 0 aromatic heterocycles. The van der Waals surface area contributed by atoms with Gasteiger partial charge in [-0.1, -0.05) is 6.08 Å². The van der Waals surface area contributed by atoms with Crippen molar-refractivity contribution in [3.63, 3.8) is 0 Å². The number of hydrogen-bond donors (Lipinski definition) is 1. The van der Waals surface area contributed by atoms with Crippen molar-refractivity contribution in [2.75, 3.05) is 6.61 Å². The average Bonchev–Trinajstić information content (AvgIpc) is 1.61. The number of hydrogen-bond acceptors (Lipinski definition) is 3. The third kappa shape index (κ3) is 9.82. The summed E-state index contributed by atoms with van der Waals surface area (Å²) >= 11 is 0. The Bertz CT molecular complexity index is 112. The van der Waals surface area contributed by atoms with Crippen molar-refractivity contribution in [2.45, 2.75) is 0 Å². The van der Waals surface area contributed by atoms with Crippen LogP contribution in [0.4, 0.5) is 0 Å². The van der Waals surface area contributed by atoms with Crippen LogP contribution in [-0.2, 0) is 15.2 Å². The number of thiol groups is 1. The Morgan fingerprint density at radius 3 is 2.25 bits per heavy atom. The van der Waals surface area contributed by atoms with Crippen LogP contribution < -0.4 is 0 Å². The van der Waals surface area contributed by atoms with Crippen LogP contribution in [0.3, 0.4) is 0 Å². The summed E-state index contributed by atoms with van der Waals surface area (Å²) in [6, 6.07) is 0. The molecular weight excluding hydrogens is 139 g/mol. The van der Waals surface area contributed by atoms with Gasteiger partial charge in [0.05, 0.1) is 6.61 Å². The van der Waals surface area contributed by atoms with Crippen molar-refractivity contribution in [3.8, 4) is 0 Å². The summed E-state index contributed by atoms with van der Waals surface area (Å²) in [6.07, 6.45) is 1.37. The molecule has 5 heteroatoms. The van der Waals surface area contributed by atoms with Gasteiger partial charge < -0.3 is 0 Å². The third-order valence-electron chi connectivity index (χ3n) is 0.298. The van der Waals surface area contributed by atoms with Crippen molar-refractivity contribution in [1.82, 2.24) is 0 Å². The molecule has 0 aromatic carbocycles. The second-order valence-electron chi connectivity index (χ2n) is 0.808. The van der Waals surface area contributed by atoms with Gasteiger partial charge in [-0.3, -0.25) is 4.18 Å². The van der Waals surface area contributed by atoms with E-state index in [-0.39, 0.29) is 36.2 Å². The molecule has 3 nitrogen and oxygen atoms in total. The molecule has 1 radical (unpaired) electrons. The Hall–Kier alpha value is 0.650. The van der Waals surface area contributed by atoms with Gasteiger partial charge in [-0.2, -0.15) is 0 Å². The molecule has 0 aliphatic carbocycles. The predicted molar refractivity (Wildman–Crippen MR) is 32.2 cm³/mol. The van der Waals surface area contributed by atoms with Crippen molar-refractivity contribution in [2.24, 2.45) is 0 Å². The van der Waals surface area contributed by atoms with Crippen LogP contribution in [-0.4, -0.2) is 44.6 Å². The topological polar surface area (TPSA) is 43.4 Å². The zero-order valence-electron chi connectivity index (χ0n) is 4.66. The van der Waals surface area contributed by atoms with Crippen LogP contribution in [0.5, 0.6) is 0 Å². The molecule has 0 rings (SSSR count). The van der Waals surface area contributed by atoms with Crippen molar-refractivity contribution in [3.05, 3.63) is 12.7 Å². The summed E-state index contributed by atoms with van der Waals surface area (Å²) in [7, 11) is -2.68. The maximum Gasteiger partial charge on any atom is 0.257 e. The Kier molecular flexibility index (Phi) is 10.9. The van der Waals surface area contributed by atoms with E-state index in [0.29, 0.717) is 0 Å². The Morgan fingerprint density at radius 2 is 2.12 bits per heavy atom. The molecule has 0 N–H and O–H groups in total. The van der Waals surface area contributed by atoms with Gasteiger partial charge in [0, 0.05) is 29.6 Å². The minimum atomic E-state index is -2.68. The van der Waals surface area contributed by atoms with E-state index in [4.69, 9.17) is 0 Å². The zero-order valence-corrected chi connectivity index (χ0v) is 7.56. The first-order valence-corrected chi connectivity index (χ1v) is 2.75. The first kappa shape index (κ1) is 11.4. The monoisotopic (exact) mass is 145 g/mol. The molecule has 0 aliphatic rings. The van der Waals surface area contributed by atoms with Crippen LogP contribution in [0.15, 0.2) is 12.7 Å². The van der Waals surface area contributed by atoms with Gasteiger partial charge >= 0.3 is 0 Å². The standard InChI is InChI=1S/C3H6O3S.Na/c1-2-3-6-7(4)5;/h2,7H,1,3H2;. The van der Waals surface area contributed by atoms with Crippen LogP contribution in [0.1, 0.15) is 0 Å². The van der Waals surface area contributed by atoms with Gasteiger partial charge in [0.1, 0.15) is 0 Å². The maximum absolute atomic E-state index is 9.53. The molecule has 8 heavy (non-hydrogen) atoms. The summed E-state index contributed by atoms with van der Waals surface area (Å²) in [5.74, 6) is 0. The van der Waals surface area contributed by atoms with E-state index in [1.165, 1.54) is 6.08 Å². The molecule has 0 aromatic rings. The van der Waals surface area contributed by atoms with Gasteiger partial charge in [0.2, 0.25) is 0 Å². The largest absolute Gasteiger partial charge is 0.268 e. The summed E-state index contributed by atoms with van der Waals surface area (Å²) in [6.45, 7) is 3.31. The third-order valence-corrected chi connectivity index (χ3v) is 0.658. The molecule has 0 spiro atoms. The van der Waals surface area contributed by atoms with Crippen LogP contribution in [0, 0.1) is 0 Å². The Labute approximate surface area is 72.2 Å². The molecule has 43 valence electrons. The van der Waals surface area contributed by atoms with Crippen LogP contribution in [0.2, 0.25) is 0 Å². The van der Waals surface area contributed by atoms with Gasteiger partial charge in [-0.05, 0) is 0 Å². The number of rotatable bonds is 3. The van der Waals surface area contributed by atoms with Crippen molar-refractivity contribution >= 4 is 40.5 Å². The molecule has 0 atom stereocenters. The molecule has 0 fully saturated rings. The van der Waals surface area contributed by atoms with Crippen LogP contribution in [0.25, 0.3) is 0 Å². The van der Waals surface area contributed by atoms with E-state index in [9.17, 15) is 8.42 Å². The quantitative estimate of drug-likeness (QED) is 0.325. The van der Waals surface area contributed by atoms with E-state index < -0.39 is 11.0 Å². The van der Waals surface area contributed by atoms with Gasteiger partial charge in [-0.25, -0.2) is 8.42 Å². The van der Waals surface area contributed by atoms with E-state index in [2.05, 4.69) is 10.8 Å². The molecular formula is C3H6NaO3S. The second-order valence-corrected chi connectivity index (χ2v) is 1.51. The minimum absolute atomic E-state index is 0. The SMILES string of the molecule is C=CCO[SH](=O)=O.[Na]. The Morgan fingerprint density at radius 1 is 1.62 bits per heavy atom. The van der Waals surface area contributed by atoms with Crippen molar-refractivity contribution in [1.29, 1.82) is 0 Å². The molecule has 0 heterocycles. The average molecular weight is 145 g/mol. The molecule has 0 saturated carbocycles. The fraction of sp³-hybridized carbons (Fsp3) is 0.333. The van der Waals surface area contributed by atoms with Gasteiger partial charge in [0.15, 0.2) is 0 Å². The molecule has 0 saturated heterocycles. The normalized spacial score (nSPS) is 8.12. The maximum atomic E-state index is 9.53. The summed E-state index contributed by atoms with van der Waals surface area (Å²) in [5, 5.41) is 0. The Balaban J connectivity index is 0. The minimum Gasteiger partial charge on any atom is -0.268 e. The van der Waals surface area contributed by atoms with E-state index >= 15 is 0 Å². The summed E-state index contributed by atoms with van der Waals surface area (Å²) in [4.78, 5) is 0. The van der Waals surface area contributed by atoms with Gasteiger partial charge in [-0.15, -0.1) is 6.58 Å². The predicted octanol–water partition coefficient (Wildman–Crippen LogP) is -0.665.